The summed E-state index contributed by atoms with van der Waals surface area (Å²) in [4.78, 5) is 4.26. The van der Waals surface area contributed by atoms with E-state index in [4.69, 9.17) is 0 Å². The molecule has 0 aromatic carbocycles. The van der Waals surface area contributed by atoms with Gasteiger partial charge >= 0.3 is 0 Å². The first-order chi connectivity index (χ1) is 8.81. The molecule has 0 amide bonds. The van der Waals surface area contributed by atoms with Crippen molar-refractivity contribution in [1.29, 1.82) is 0 Å². The maximum atomic E-state index is 4.26. The van der Waals surface area contributed by atoms with Crippen molar-refractivity contribution in [3.63, 3.8) is 0 Å². The van der Waals surface area contributed by atoms with E-state index in [0.29, 0.717) is 6.04 Å². The zero-order chi connectivity index (χ0) is 12.8. The minimum absolute atomic E-state index is 0. The Morgan fingerprint density at radius 3 is 3.00 bits per heavy atom. The Labute approximate surface area is 135 Å². The highest BCUT2D eigenvalue weighted by atomic mass is 127. The topological polar surface area (TPSA) is 65.1 Å². The molecule has 1 aliphatic rings. The summed E-state index contributed by atoms with van der Waals surface area (Å²) in [5.74, 6) is 0.872. The van der Waals surface area contributed by atoms with Gasteiger partial charge in [-0.1, -0.05) is 0 Å². The van der Waals surface area contributed by atoms with Crippen LogP contribution in [0.3, 0.4) is 0 Å². The highest BCUT2D eigenvalue weighted by molar-refractivity contribution is 14.0. The number of aromatic nitrogens is 2. The summed E-state index contributed by atoms with van der Waals surface area (Å²) < 4.78 is 0. The van der Waals surface area contributed by atoms with Crippen molar-refractivity contribution in [3.05, 3.63) is 18.0 Å². The summed E-state index contributed by atoms with van der Waals surface area (Å²) >= 11 is 1.97. The maximum Gasteiger partial charge on any atom is 0.191 e. The average Bonchev–Trinajstić information content (AvgIpc) is 3.05. The van der Waals surface area contributed by atoms with Crippen LogP contribution in [0.15, 0.2) is 17.3 Å². The van der Waals surface area contributed by atoms with E-state index in [1.807, 2.05) is 24.9 Å². The lowest BCUT2D eigenvalue weighted by atomic mass is 10.2. The molecule has 0 aliphatic heterocycles. The number of hydrogen-bond acceptors (Lipinski definition) is 3. The molecule has 108 valence electrons. The maximum absolute atomic E-state index is 4.26. The van der Waals surface area contributed by atoms with E-state index in [2.05, 4.69) is 32.1 Å². The van der Waals surface area contributed by atoms with E-state index in [9.17, 15) is 0 Å². The van der Waals surface area contributed by atoms with Crippen LogP contribution in [0.5, 0.6) is 0 Å². The Morgan fingerprint density at radius 1 is 1.58 bits per heavy atom. The molecule has 1 aromatic heterocycles. The third kappa shape index (κ3) is 5.21. The first kappa shape index (κ1) is 16.6. The van der Waals surface area contributed by atoms with E-state index < -0.39 is 0 Å². The molecule has 1 fully saturated rings. The van der Waals surface area contributed by atoms with E-state index in [1.165, 1.54) is 19.3 Å². The van der Waals surface area contributed by atoms with Crippen molar-refractivity contribution < 1.29 is 0 Å². The molecule has 2 atom stereocenters. The number of halogens is 1. The SMILES string of the molecule is CN=C(NCc1ccn[nH]1)NC1CCC(SC)C1.I. The number of nitrogens with one attached hydrogen (secondary N) is 3. The molecule has 1 aliphatic carbocycles. The molecule has 7 heteroatoms. The molecule has 0 spiro atoms. The van der Waals surface area contributed by atoms with Gasteiger partial charge in [-0.15, -0.1) is 24.0 Å². The van der Waals surface area contributed by atoms with Crippen molar-refractivity contribution in [3.8, 4) is 0 Å². The third-order valence-electron chi connectivity index (χ3n) is 3.29. The molecule has 2 rings (SSSR count). The van der Waals surface area contributed by atoms with Crippen LogP contribution in [0.25, 0.3) is 0 Å². The van der Waals surface area contributed by atoms with Gasteiger partial charge in [0.2, 0.25) is 0 Å². The monoisotopic (exact) mass is 395 g/mol. The smallest absolute Gasteiger partial charge is 0.191 e. The predicted octanol–water partition coefficient (Wildman–Crippen LogP) is 1.98. The molecule has 1 saturated carbocycles. The summed E-state index contributed by atoms with van der Waals surface area (Å²) in [7, 11) is 1.81. The van der Waals surface area contributed by atoms with Gasteiger partial charge in [-0.3, -0.25) is 10.1 Å². The molecule has 1 heterocycles. The zero-order valence-corrected chi connectivity index (χ0v) is 14.5. The van der Waals surface area contributed by atoms with E-state index >= 15 is 0 Å². The minimum Gasteiger partial charge on any atom is -0.354 e. The van der Waals surface area contributed by atoms with Gasteiger partial charge in [0.1, 0.15) is 0 Å². The largest absolute Gasteiger partial charge is 0.354 e. The van der Waals surface area contributed by atoms with Crippen LogP contribution in [0.1, 0.15) is 25.0 Å². The van der Waals surface area contributed by atoms with Gasteiger partial charge in [0.15, 0.2) is 5.96 Å². The summed E-state index contributed by atoms with van der Waals surface area (Å²) in [6, 6.07) is 2.51. The van der Waals surface area contributed by atoms with Crippen LogP contribution in [-0.2, 0) is 6.54 Å². The van der Waals surface area contributed by atoms with Gasteiger partial charge in [0.25, 0.3) is 0 Å². The summed E-state index contributed by atoms with van der Waals surface area (Å²) in [6.07, 6.45) is 7.71. The third-order valence-corrected chi connectivity index (χ3v) is 4.38. The highest BCUT2D eigenvalue weighted by Crippen LogP contribution is 2.27. The van der Waals surface area contributed by atoms with Crippen LogP contribution in [0, 0.1) is 0 Å². The predicted molar refractivity (Wildman–Crippen MR) is 92.3 cm³/mol. The number of hydrogen-bond donors (Lipinski definition) is 3. The number of thioether (sulfide) groups is 1. The Kier molecular flexibility index (Phi) is 7.59. The Bertz CT molecular complexity index is 381. The fourth-order valence-corrected chi connectivity index (χ4v) is 3.03. The average molecular weight is 395 g/mol. The number of guanidine groups is 1. The molecule has 0 saturated heterocycles. The first-order valence-corrected chi connectivity index (χ1v) is 7.59. The van der Waals surface area contributed by atoms with E-state index in [-0.39, 0.29) is 24.0 Å². The normalized spacial score (nSPS) is 22.9. The van der Waals surface area contributed by atoms with Crippen molar-refractivity contribution in [2.45, 2.75) is 37.1 Å². The number of aliphatic imine (C=N–C) groups is 1. The summed E-state index contributed by atoms with van der Waals surface area (Å²) in [6.45, 7) is 0.721. The van der Waals surface area contributed by atoms with Crippen LogP contribution in [0.4, 0.5) is 0 Å². The fraction of sp³-hybridized carbons (Fsp3) is 0.667. The number of H-pyrrole nitrogens is 1. The van der Waals surface area contributed by atoms with Crippen molar-refractivity contribution in [2.75, 3.05) is 13.3 Å². The first-order valence-electron chi connectivity index (χ1n) is 6.30. The highest BCUT2D eigenvalue weighted by Gasteiger charge is 2.24. The minimum atomic E-state index is 0. The molecule has 0 radical (unpaired) electrons. The molecule has 3 N–H and O–H groups in total. The zero-order valence-electron chi connectivity index (χ0n) is 11.3. The standard InChI is InChI=1S/C12H21N5S.HI/c1-13-12(14-8-10-5-6-15-17-10)16-9-3-4-11(7-9)18-2;/h5-6,9,11H,3-4,7-8H2,1-2H3,(H,15,17)(H2,13,14,16);1H. The van der Waals surface area contributed by atoms with Crippen molar-refractivity contribution in [1.82, 2.24) is 20.8 Å². The summed E-state index contributed by atoms with van der Waals surface area (Å²) in [5.41, 5.74) is 1.06. The van der Waals surface area contributed by atoms with E-state index in [0.717, 1.165) is 23.4 Å². The lowest BCUT2D eigenvalue weighted by Gasteiger charge is -2.16. The molecule has 19 heavy (non-hydrogen) atoms. The van der Waals surface area contributed by atoms with Crippen LogP contribution >= 0.6 is 35.7 Å². The molecule has 5 nitrogen and oxygen atoms in total. The lowest BCUT2D eigenvalue weighted by molar-refractivity contribution is 0.613. The molecule has 0 bridgehead atoms. The summed E-state index contributed by atoms with van der Waals surface area (Å²) in [5, 5.41) is 14.4. The van der Waals surface area contributed by atoms with Gasteiger partial charge in [-0.25, -0.2) is 0 Å². The quantitative estimate of drug-likeness (QED) is 0.415. The fourth-order valence-electron chi connectivity index (χ4n) is 2.24. The van der Waals surface area contributed by atoms with Gasteiger partial charge in [0.05, 0.1) is 12.2 Å². The van der Waals surface area contributed by atoms with E-state index in [1.54, 1.807) is 6.20 Å². The number of rotatable bonds is 4. The van der Waals surface area contributed by atoms with Crippen LogP contribution in [0.2, 0.25) is 0 Å². The van der Waals surface area contributed by atoms with Crippen LogP contribution < -0.4 is 10.6 Å². The number of aromatic amines is 1. The van der Waals surface area contributed by atoms with Gasteiger partial charge in [-0.2, -0.15) is 16.9 Å². The number of nitrogens with zero attached hydrogens (tertiary/aromatic N) is 2. The second kappa shape index (κ2) is 8.68. The Hall–Kier alpha value is -0.440. The molecular formula is C12H22IN5S. The van der Waals surface area contributed by atoms with Crippen molar-refractivity contribution >= 4 is 41.7 Å². The Morgan fingerprint density at radius 2 is 2.42 bits per heavy atom. The second-order valence-electron chi connectivity index (χ2n) is 4.52. The Balaban J connectivity index is 0.00000180. The molecular weight excluding hydrogens is 373 g/mol. The molecule has 2 unspecified atom stereocenters. The van der Waals surface area contributed by atoms with Gasteiger partial charge in [0, 0.05) is 24.5 Å². The molecule has 1 aromatic rings. The second-order valence-corrected chi connectivity index (χ2v) is 5.66. The van der Waals surface area contributed by atoms with Gasteiger partial charge < -0.3 is 10.6 Å². The van der Waals surface area contributed by atoms with Gasteiger partial charge in [-0.05, 0) is 31.6 Å². The lowest BCUT2D eigenvalue weighted by Crippen LogP contribution is -2.42. The van der Waals surface area contributed by atoms with Crippen molar-refractivity contribution in [2.24, 2.45) is 4.99 Å². The van der Waals surface area contributed by atoms with Crippen LogP contribution in [-0.4, -0.2) is 40.8 Å².